The molecular weight excluding hydrogens is 422 g/mol. The maximum Gasteiger partial charge on any atom is 0.231 e. The number of carbonyl (C=O) groups is 2. The van der Waals surface area contributed by atoms with E-state index >= 15 is 0 Å². The zero-order valence-electron chi connectivity index (χ0n) is 19.2. The van der Waals surface area contributed by atoms with Gasteiger partial charge in [-0.3, -0.25) is 19.5 Å². The number of hydrogen-bond donors (Lipinski definition) is 1. The van der Waals surface area contributed by atoms with Gasteiger partial charge < -0.3 is 5.32 Å². The molecular formula is C29H27N3O2. The fraction of sp³-hybridized carbons (Fsp3) is 0.276. The minimum atomic E-state index is -0.487. The standard InChI is InChI=1S/C29H27N3O2/c1-18-8-10-19(11-9-18)22-15-24-27(26(33)16-22)28(21-5-4-14-30-17-21)32(29(34)20-12-13-20)25-7-3-2-6-23(25)31-24/h2-11,14,17,20,22,28,31H,12-13,15-16H2,1H3/t22-,28+/m1/s1. The van der Waals surface area contributed by atoms with E-state index in [-0.39, 0.29) is 23.5 Å². The van der Waals surface area contributed by atoms with Crippen LogP contribution in [0.3, 0.4) is 0 Å². The summed E-state index contributed by atoms with van der Waals surface area (Å²) in [4.78, 5) is 33.8. The maximum atomic E-state index is 13.9. The lowest BCUT2D eigenvalue weighted by Crippen LogP contribution is -2.39. The molecule has 0 bridgehead atoms. The van der Waals surface area contributed by atoms with Gasteiger partial charge in [0.1, 0.15) is 0 Å². The largest absolute Gasteiger partial charge is 0.357 e. The third-order valence-electron chi connectivity index (χ3n) is 7.20. The predicted octanol–water partition coefficient (Wildman–Crippen LogP) is 5.70. The first-order valence-electron chi connectivity index (χ1n) is 12.0. The van der Waals surface area contributed by atoms with Crippen LogP contribution < -0.4 is 10.2 Å². The van der Waals surface area contributed by atoms with E-state index in [0.717, 1.165) is 41.9 Å². The summed E-state index contributed by atoms with van der Waals surface area (Å²) in [7, 11) is 0. The van der Waals surface area contributed by atoms with Gasteiger partial charge in [0.05, 0.1) is 17.4 Å². The van der Waals surface area contributed by atoms with Crippen molar-refractivity contribution in [3.05, 3.63) is 101 Å². The molecule has 1 amide bonds. The normalized spacial score (nSPS) is 21.9. The van der Waals surface area contributed by atoms with Crippen LogP contribution in [-0.2, 0) is 9.59 Å². The molecule has 2 aromatic carbocycles. The Kier molecular flexibility index (Phi) is 5.05. The number of fused-ring (bicyclic) bond motifs is 1. The number of pyridine rings is 1. The van der Waals surface area contributed by atoms with Crippen molar-refractivity contribution >= 4 is 23.1 Å². The monoisotopic (exact) mass is 449 g/mol. The molecule has 5 heteroatoms. The molecule has 2 atom stereocenters. The lowest BCUT2D eigenvalue weighted by atomic mass is 9.78. The highest BCUT2D eigenvalue weighted by atomic mass is 16.2. The van der Waals surface area contributed by atoms with Crippen LogP contribution in [-0.4, -0.2) is 16.7 Å². The van der Waals surface area contributed by atoms with Crippen LogP contribution in [0.2, 0.25) is 0 Å². The van der Waals surface area contributed by atoms with Crippen molar-refractivity contribution in [1.82, 2.24) is 4.98 Å². The number of allylic oxidation sites excluding steroid dienone is 1. The van der Waals surface area contributed by atoms with Crippen LogP contribution in [0.1, 0.15) is 54.3 Å². The van der Waals surface area contributed by atoms with Crippen molar-refractivity contribution in [2.45, 2.75) is 44.6 Å². The zero-order chi connectivity index (χ0) is 23.2. The Morgan fingerprint density at radius 2 is 1.76 bits per heavy atom. The van der Waals surface area contributed by atoms with Crippen LogP contribution in [0.15, 0.2) is 84.3 Å². The average Bonchev–Trinajstić information content (AvgIpc) is 3.71. The Balaban J connectivity index is 1.52. The van der Waals surface area contributed by atoms with Gasteiger partial charge in [0, 0.05) is 36.0 Å². The molecule has 34 heavy (non-hydrogen) atoms. The van der Waals surface area contributed by atoms with Gasteiger partial charge >= 0.3 is 0 Å². The second-order valence-corrected chi connectivity index (χ2v) is 9.64. The molecule has 1 aliphatic heterocycles. The number of nitrogens with zero attached hydrogens (tertiary/aromatic N) is 2. The smallest absolute Gasteiger partial charge is 0.231 e. The number of aryl methyl sites for hydroxylation is 1. The Labute approximate surface area is 199 Å². The Morgan fingerprint density at radius 1 is 0.971 bits per heavy atom. The molecule has 2 heterocycles. The number of amides is 1. The zero-order valence-corrected chi connectivity index (χ0v) is 19.2. The van der Waals surface area contributed by atoms with E-state index in [0.29, 0.717) is 12.0 Å². The summed E-state index contributed by atoms with van der Waals surface area (Å²) < 4.78 is 0. The molecule has 3 aromatic rings. The number of aromatic nitrogens is 1. The van der Waals surface area contributed by atoms with E-state index in [1.807, 2.05) is 41.3 Å². The van der Waals surface area contributed by atoms with E-state index in [2.05, 4.69) is 41.5 Å². The molecule has 170 valence electrons. The molecule has 1 N–H and O–H groups in total. The van der Waals surface area contributed by atoms with Gasteiger partial charge in [-0.05, 0) is 61.4 Å². The van der Waals surface area contributed by atoms with Gasteiger partial charge in [0.25, 0.3) is 0 Å². The van der Waals surface area contributed by atoms with Gasteiger partial charge in [-0.1, -0.05) is 48.0 Å². The van der Waals surface area contributed by atoms with Gasteiger partial charge in [0.15, 0.2) is 5.78 Å². The van der Waals surface area contributed by atoms with Crippen molar-refractivity contribution in [3.63, 3.8) is 0 Å². The molecule has 1 saturated carbocycles. The summed E-state index contributed by atoms with van der Waals surface area (Å²) in [6.45, 7) is 2.07. The highest BCUT2D eigenvalue weighted by molar-refractivity contribution is 6.07. The number of Topliss-reactive ketones (excluding diaryl/α,β-unsaturated/α-hetero) is 1. The molecule has 0 saturated heterocycles. The number of carbonyl (C=O) groups excluding carboxylic acids is 2. The fourth-order valence-corrected chi connectivity index (χ4v) is 5.29. The summed E-state index contributed by atoms with van der Waals surface area (Å²) in [6.07, 6.45) is 6.48. The summed E-state index contributed by atoms with van der Waals surface area (Å²) in [6, 6.07) is 19.7. The summed E-state index contributed by atoms with van der Waals surface area (Å²) in [5.74, 6) is 0.306. The summed E-state index contributed by atoms with van der Waals surface area (Å²) in [5.41, 5.74) is 6.54. The van der Waals surface area contributed by atoms with E-state index in [9.17, 15) is 9.59 Å². The first kappa shape index (κ1) is 20.8. The molecule has 0 unspecified atom stereocenters. The Hall–Kier alpha value is -3.73. The highest BCUT2D eigenvalue weighted by Gasteiger charge is 2.45. The first-order valence-corrected chi connectivity index (χ1v) is 12.0. The quantitative estimate of drug-likeness (QED) is 0.557. The topological polar surface area (TPSA) is 62.3 Å². The SMILES string of the molecule is Cc1ccc([C@H]2CC(=O)C3=C(C2)Nc2ccccc2N(C(=O)C2CC2)[C@H]3c2cccnc2)cc1. The number of rotatable bonds is 3. The van der Waals surface area contributed by atoms with Gasteiger partial charge in [-0.25, -0.2) is 0 Å². The van der Waals surface area contributed by atoms with Crippen molar-refractivity contribution < 1.29 is 9.59 Å². The maximum absolute atomic E-state index is 13.9. The minimum Gasteiger partial charge on any atom is -0.357 e. The van der Waals surface area contributed by atoms with E-state index in [4.69, 9.17) is 0 Å². The summed E-state index contributed by atoms with van der Waals surface area (Å²) in [5, 5.41) is 3.59. The van der Waals surface area contributed by atoms with Gasteiger partial charge in [-0.2, -0.15) is 0 Å². The molecule has 1 fully saturated rings. The highest BCUT2D eigenvalue weighted by Crippen LogP contribution is 2.49. The second-order valence-electron chi connectivity index (χ2n) is 9.64. The predicted molar refractivity (Wildman–Crippen MR) is 132 cm³/mol. The molecule has 0 spiro atoms. The first-order chi connectivity index (χ1) is 16.6. The fourth-order valence-electron chi connectivity index (χ4n) is 5.29. The van der Waals surface area contributed by atoms with Crippen LogP contribution >= 0.6 is 0 Å². The van der Waals surface area contributed by atoms with E-state index < -0.39 is 6.04 Å². The number of ketones is 1. The van der Waals surface area contributed by atoms with Gasteiger partial charge in [0.2, 0.25) is 5.91 Å². The molecule has 5 nitrogen and oxygen atoms in total. The molecule has 2 aliphatic carbocycles. The van der Waals surface area contributed by atoms with Crippen LogP contribution in [0.4, 0.5) is 11.4 Å². The number of benzene rings is 2. The van der Waals surface area contributed by atoms with Crippen molar-refractivity contribution in [1.29, 1.82) is 0 Å². The van der Waals surface area contributed by atoms with Crippen molar-refractivity contribution in [2.75, 3.05) is 10.2 Å². The van der Waals surface area contributed by atoms with Crippen LogP contribution in [0, 0.1) is 12.8 Å². The second kappa shape index (κ2) is 8.24. The Morgan fingerprint density at radius 3 is 2.50 bits per heavy atom. The third-order valence-corrected chi connectivity index (χ3v) is 7.20. The van der Waals surface area contributed by atoms with Gasteiger partial charge in [-0.15, -0.1) is 0 Å². The minimum absolute atomic E-state index is 0.0216. The lowest BCUT2D eigenvalue weighted by molar-refractivity contribution is -0.120. The number of hydrogen-bond acceptors (Lipinski definition) is 4. The number of para-hydroxylation sites is 2. The van der Waals surface area contributed by atoms with Crippen molar-refractivity contribution in [3.8, 4) is 0 Å². The van der Waals surface area contributed by atoms with Crippen LogP contribution in [0.5, 0.6) is 0 Å². The Bertz CT molecular complexity index is 1290. The van der Waals surface area contributed by atoms with Crippen molar-refractivity contribution in [2.24, 2.45) is 5.92 Å². The molecule has 6 rings (SSSR count). The van der Waals surface area contributed by atoms with E-state index in [1.165, 1.54) is 11.1 Å². The van der Waals surface area contributed by atoms with E-state index in [1.54, 1.807) is 12.4 Å². The third kappa shape index (κ3) is 3.61. The molecule has 3 aliphatic rings. The number of anilines is 2. The molecule has 1 aromatic heterocycles. The summed E-state index contributed by atoms with van der Waals surface area (Å²) >= 11 is 0. The molecule has 0 radical (unpaired) electrons. The average molecular weight is 450 g/mol. The number of nitrogens with one attached hydrogen (secondary N) is 1. The van der Waals surface area contributed by atoms with Crippen LogP contribution in [0.25, 0.3) is 0 Å². The lowest BCUT2D eigenvalue weighted by Gasteiger charge is -2.35.